The van der Waals surface area contributed by atoms with Crippen molar-refractivity contribution in [2.75, 3.05) is 14.2 Å². The zero-order valence-corrected chi connectivity index (χ0v) is 12.9. The first-order valence-corrected chi connectivity index (χ1v) is 6.86. The number of nitrogens with zero attached hydrogens (tertiary/aromatic N) is 2. The zero-order chi connectivity index (χ0) is 16.6. The second-order valence-corrected chi connectivity index (χ2v) is 4.98. The Balaban J connectivity index is 2.22. The normalized spacial score (nSPS) is 10.7. The number of pyridine rings is 1. The summed E-state index contributed by atoms with van der Waals surface area (Å²) < 4.78 is 11.8. The van der Waals surface area contributed by atoms with E-state index in [2.05, 4.69) is 9.97 Å². The van der Waals surface area contributed by atoms with Crippen molar-refractivity contribution in [3.8, 4) is 22.6 Å². The molecule has 0 aliphatic rings. The molecule has 0 saturated carbocycles. The lowest BCUT2D eigenvalue weighted by atomic mass is 10.1. The summed E-state index contributed by atoms with van der Waals surface area (Å²) in [5, 5.41) is 0.347. The first kappa shape index (κ1) is 14.8. The Morgan fingerprint density at radius 2 is 1.78 bits per heavy atom. The van der Waals surface area contributed by atoms with Gasteiger partial charge in [-0.15, -0.1) is 0 Å². The van der Waals surface area contributed by atoms with E-state index >= 15 is 0 Å². The number of rotatable bonds is 3. The number of nitrogens with one attached hydrogen (secondary N) is 1. The molecule has 0 fully saturated rings. The first-order valence-electron chi connectivity index (χ1n) is 6.86. The quantitative estimate of drug-likeness (QED) is 0.788. The molecule has 0 atom stereocenters. The van der Waals surface area contributed by atoms with Crippen molar-refractivity contribution in [3.63, 3.8) is 0 Å². The molecule has 118 valence electrons. The number of ether oxygens (including phenoxy) is 2. The first-order chi connectivity index (χ1) is 11.0. The van der Waals surface area contributed by atoms with Crippen LogP contribution >= 0.6 is 0 Å². The van der Waals surface area contributed by atoms with Gasteiger partial charge in [0.1, 0.15) is 5.65 Å². The van der Waals surface area contributed by atoms with Gasteiger partial charge in [-0.3, -0.25) is 14.3 Å². The van der Waals surface area contributed by atoms with Crippen molar-refractivity contribution in [3.05, 3.63) is 51.3 Å². The fourth-order valence-corrected chi connectivity index (χ4v) is 2.41. The monoisotopic (exact) mass is 313 g/mol. The van der Waals surface area contributed by atoms with Crippen molar-refractivity contribution in [1.29, 1.82) is 0 Å². The van der Waals surface area contributed by atoms with Gasteiger partial charge in [-0.1, -0.05) is 6.07 Å². The maximum Gasteiger partial charge on any atom is 0.329 e. The van der Waals surface area contributed by atoms with E-state index in [1.54, 1.807) is 45.7 Å². The molecular weight excluding hydrogens is 298 g/mol. The van der Waals surface area contributed by atoms with Crippen LogP contribution in [0.25, 0.3) is 22.2 Å². The third-order valence-corrected chi connectivity index (χ3v) is 3.67. The standard InChI is InChI=1S/C16H15N3O4/c1-19-14-11(15(20)18-16(19)21)6-10(8-17-14)9-4-5-12(22-2)13(7-9)23-3/h4-8H,1-3H3,(H,18,20,21). The molecule has 3 aromatic rings. The Labute approximate surface area is 131 Å². The molecule has 2 heterocycles. The van der Waals surface area contributed by atoms with Crippen LogP contribution in [0.1, 0.15) is 0 Å². The number of fused-ring (bicyclic) bond motifs is 1. The van der Waals surface area contributed by atoms with Gasteiger partial charge in [-0.05, 0) is 23.8 Å². The molecule has 1 N–H and O–H groups in total. The lowest BCUT2D eigenvalue weighted by Crippen LogP contribution is -2.28. The number of methoxy groups -OCH3 is 2. The van der Waals surface area contributed by atoms with E-state index in [1.165, 1.54) is 4.57 Å². The number of aryl methyl sites for hydroxylation is 1. The lowest BCUT2D eigenvalue weighted by molar-refractivity contribution is 0.355. The van der Waals surface area contributed by atoms with Gasteiger partial charge in [-0.2, -0.15) is 0 Å². The summed E-state index contributed by atoms with van der Waals surface area (Å²) in [5.74, 6) is 1.20. The summed E-state index contributed by atoms with van der Waals surface area (Å²) in [6.45, 7) is 0. The van der Waals surface area contributed by atoms with Crippen LogP contribution in [0.5, 0.6) is 11.5 Å². The number of H-pyrrole nitrogens is 1. The molecule has 7 heteroatoms. The van der Waals surface area contributed by atoms with Crippen molar-refractivity contribution < 1.29 is 9.47 Å². The number of aromatic nitrogens is 3. The fourth-order valence-electron chi connectivity index (χ4n) is 2.41. The Morgan fingerprint density at radius 1 is 1.04 bits per heavy atom. The molecule has 0 unspecified atom stereocenters. The highest BCUT2D eigenvalue weighted by Gasteiger charge is 2.10. The molecular formula is C16H15N3O4. The summed E-state index contributed by atoms with van der Waals surface area (Å²) in [5.41, 5.74) is 0.947. The Bertz CT molecular complexity index is 1000. The van der Waals surface area contributed by atoms with Crippen molar-refractivity contribution in [2.24, 2.45) is 7.05 Å². The second-order valence-electron chi connectivity index (χ2n) is 4.98. The highest BCUT2D eigenvalue weighted by atomic mass is 16.5. The number of hydrogen-bond donors (Lipinski definition) is 1. The molecule has 0 aliphatic carbocycles. The molecule has 0 bridgehead atoms. The van der Waals surface area contributed by atoms with Gasteiger partial charge in [0, 0.05) is 18.8 Å². The molecule has 0 saturated heterocycles. The average molecular weight is 313 g/mol. The van der Waals surface area contributed by atoms with Crippen LogP contribution < -0.4 is 20.7 Å². The predicted octanol–water partition coefficient (Wildman–Crippen LogP) is 1.31. The minimum atomic E-state index is -0.492. The van der Waals surface area contributed by atoms with Gasteiger partial charge in [0.25, 0.3) is 5.56 Å². The van der Waals surface area contributed by atoms with Crippen LogP contribution in [0, 0.1) is 0 Å². The average Bonchev–Trinajstić information content (AvgIpc) is 2.58. The van der Waals surface area contributed by atoms with E-state index in [0.717, 1.165) is 11.1 Å². The highest BCUT2D eigenvalue weighted by molar-refractivity contribution is 5.80. The van der Waals surface area contributed by atoms with E-state index in [9.17, 15) is 9.59 Å². The molecule has 0 spiro atoms. The number of aromatic amines is 1. The van der Waals surface area contributed by atoms with E-state index in [4.69, 9.17) is 9.47 Å². The van der Waals surface area contributed by atoms with Gasteiger partial charge < -0.3 is 9.47 Å². The van der Waals surface area contributed by atoms with E-state index in [1.807, 2.05) is 6.07 Å². The minimum absolute atomic E-state index is 0.336. The fraction of sp³-hybridized carbons (Fsp3) is 0.188. The summed E-state index contributed by atoms with van der Waals surface area (Å²) >= 11 is 0. The number of benzene rings is 1. The van der Waals surface area contributed by atoms with Crippen molar-refractivity contribution in [2.45, 2.75) is 0 Å². The van der Waals surface area contributed by atoms with Gasteiger partial charge in [0.05, 0.1) is 19.6 Å². The Hall–Kier alpha value is -3.09. The zero-order valence-electron chi connectivity index (χ0n) is 12.9. The van der Waals surface area contributed by atoms with Crippen molar-refractivity contribution in [1.82, 2.24) is 14.5 Å². The van der Waals surface area contributed by atoms with Gasteiger partial charge in [-0.25, -0.2) is 9.78 Å². The Morgan fingerprint density at radius 3 is 2.48 bits per heavy atom. The topological polar surface area (TPSA) is 86.2 Å². The largest absolute Gasteiger partial charge is 0.493 e. The van der Waals surface area contributed by atoms with Crippen LogP contribution in [0.3, 0.4) is 0 Å². The van der Waals surface area contributed by atoms with Gasteiger partial charge in [0.2, 0.25) is 0 Å². The molecule has 3 rings (SSSR count). The third kappa shape index (κ3) is 2.46. The van der Waals surface area contributed by atoms with Crippen LogP contribution in [0.2, 0.25) is 0 Å². The lowest BCUT2D eigenvalue weighted by Gasteiger charge is -2.10. The smallest absolute Gasteiger partial charge is 0.329 e. The Kier molecular flexibility index (Phi) is 3.61. The molecule has 0 amide bonds. The van der Waals surface area contributed by atoms with Crippen LogP contribution in [0.4, 0.5) is 0 Å². The molecule has 0 radical (unpaired) electrons. The van der Waals surface area contributed by atoms with Crippen LogP contribution in [0.15, 0.2) is 40.1 Å². The minimum Gasteiger partial charge on any atom is -0.493 e. The number of hydrogen-bond acceptors (Lipinski definition) is 5. The third-order valence-electron chi connectivity index (χ3n) is 3.67. The summed E-state index contributed by atoms with van der Waals surface area (Å²) in [6.07, 6.45) is 1.61. The van der Waals surface area contributed by atoms with Crippen molar-refractivity contribution >= 4 is 11.0 Å². The summed E-state index contributed by atoms with van der Waals surface area (Å²) in [7, 11) is 4.68. The van der Waals surface area contributed by atoms with Crippen LogP contribution in [-0.4, -0.2) is 28.8 Å². The predicted molar refractivity (Wildman–Crippen MR) is 86.1 cm³/mol. The van der Waals surface area contributed by atoms with E-state index < -0.39 is 11.2 Å². The molecule has 2 aromatic heterocycles. The second kappa shape index (κ2) is 5.60. The molecule has 1 aromatic carbocycles. The molecule has 7 nitrogen and oxygen atoms in total. The highest BCUT2D eigenvalue weighted by Crippen LogP contribution is 2.32. The SMILES string of the molecule is COc1ccc(-c2cnc3c(c2)c(=O)[nH]c(=O)n3C)cc1OC. The van der Waals surface area contributed by atoms with E-state index in [0.29, 0.717) is 22.5 Å². The molecule has 0 aliphatic heterocycles. The maximum absolute atomic E-state index is 12.0. The summed E-state index contributed by atoms with van der Waals surface area (Å²) in [6, 6.07) is 7.13. The van der Waals surface area contributed by atoms with Gasteiger partial charge in [0.15, 0.2) is 11.5 Å². The molecule has 23 heavy (non-hydrogen) atoms. The maximum atomic E-state index is 12.0. The van der Waals surface area contributed by atoms with Gasteiger partial charge >= 0.3 is 5.69 Å². The van der Waals surface area contributed by atoms with E-state index in [-0.39, 0.29) is 0 Å². The summed E-state index contributed by atoms with van der Waals surface area (Å²) in [4.78, 5) is 30.1. The van der Waals surface area contributed by atoms with Crippen LogP contribution in [-0.2, 0) is 7.05 Å².